The second-order valence-electron chi connectivity index (χ2n) is 2.21. The Morgan fingerprint density at radius 3 is 2.38 bits per heavy atom. The topological polar surface area (TPSA) is 38.7 Å². The summed E-state index contributed by atoms with van der Waals surface area (Å²) in [6.07, 6.45) is 0. The number of nitrogens with zero attached hydrogens (tertiary/aromatic N) is 3. The Bertz CT molecular complexity index is 395. The van der Waals surface area contributed by atoms with Crippen LogP contribution in [0.15, 0.2) is 26.2 Å². The molecule has 0 amide bonds. The lowest BCUT2D eigenvalue weighted by Gasteiger charge is -1.96. The van der Waals surface area contributed by atoms with E-state index in [1.54, 1.807) is 11.6 Å². The Kier molecular flexibility index (Phi) is 2.71. The lowest BCUT2D eigenvalue weighted by molar-refractivity contribution is 1.11. The van der Waals surface area contributed by atoms with E-state index >= 15 is 0 Å². The molecule has 0 saturated carbocycles. The third-order valence-electron chi connectivity index (χ3n) is 1.33. The number of hydrogen-bond donors (Lipinski definition) is 0. The molecule has 0 aliphatic rings. The van der Waals surface area contributed by atoms with Gasteiger partial charge in [0.25, 0.3) is 0 Å². The highest BCUT2D eigenvalue weighted by molar-refractivity contribution is 9.11. The highest BCUT2D eigenvalue weighted by Gasteiger charge is 2.05. The van der Waals surface area contributed by atoms with Gasteiger partial charge in [0.15, 0.2) is 5.82 Å². The minimum atomic E-state index is 0.627. The molecular weight excluding hydrogens is 318 g/mol. The van der Waals surface area contributed by atoms with Crippen molar-refractivity contribution in [2.24, 2.45) is 0 Å². The Balaban J connectivity index is 2.53. The van der Waals surface area contributed by atoms with Gasteiger partial charge in [-0.05, 0) is 31.9 Å². The normalized spacial score (nSPS) is 10.3. The molecule has 0 aromatic carbocycles. The predicted octanol–water partition coefficient (Wildman–Crippen LogP) is 3.13. The molecule has 0 aliphatic carbocycles. The van der Waals surface area contributed by atoms with Crippen LogP contribution in [0.25, 0.3) is 11.5 Å². The van der Waals surface area contributed by atoms with Gasteiger partial charge in [0, 0.05) is 11.4 Å². The summed E-state index contributed by atoms with van der Waals surface area (Å²) < 4.78 is 1.50. The molecule has 2 rings (SSSR count). The maximum Gasteiger partial charge on any atom is 0.181 e. The third kappa shape index (κ3) is 2.12. The average molecular weight is 321 g/mol. The van der Waals surface area contributed by atoms with Gasteiger partial charge < -0.3 is 0 Å². The van der Waals surface area contributed by atoms with Crippen LogP contribution in [0.3, 0.4) is 0 Å². The van der Waals surface area contributed by atoms with E-state index in [0.717, 1.165) is 14.9 Å². The third-order valence-corrected chi connectivity index (χ3v) is 2.72. The Morgan fingerprint density at radius 2 is 1.85 bits per heavy atom. The van der Waals surface area contributed by atoms with Crippen LogP contribution in [-0.4, -0.2) is 15.0 Å². The zero-order valence-corrected chi connectivity index (χ0v) is 10.2. The van der Waals surface area contributed by atoms with Crippen LogP contribution in [0, 0.1) is 0 Å². The molecule has 0 saturated heterocycles. The van der Waals surface area contributed by atoms with E-state index in [4.69, 9.17) is 0 Å². The van der Waals surface area contributed by atoms with Gasteiger partial charge >= 0.3 is 0 Å². The van der Waals surface area contributed by atoms with Gasteiger partial charge in [-0.25, -0.2) is 15.0 Å². The number of hydrogen-bond acceptors (Lipinski definition) is 4. The highest BCUT2D eigenvalue weighted by Crippen LogP contribution is 2.20. The second kappa shape index (κ2) is 3.81. The van der Waals surface area contributed by atoms with Crippen molar-refractivity contribution in [3.05, 3.63) is 26.2 Å². The van der Waals surface area contributed by atoms with Crippen molar-refractivity contribution in [2.75, 3.05) is 0 Å². The van der Waals surface area contributed by atoms with Crippen molar-refractivity contribution < 1.29 is 0 Å². The smallest absolute Gasteiger partial charge is 0.181 e. The zero-order chi connectivity index (χ0) is 9.26. The molecular formula is C7H3Br2N3S. The fourth-order valence-electron chi connectivity index (χ4n) is 0.828. The highest BCUT2D eigenvalue weighted by atomic mass is 79.9. The van der Waals surface area contributed by atoms with Gasteiger partial charge in [0.05, 0.1) is 5.51 Å². The minimum absolute atomic E-state index is 0.627. The maximum absolute atomic E-state index is 4.20. The summed E-state index contributed by atoms with van der Waals surface area (Å²) in [5.74, 6) is 0.627. The van der Waals surface area contributed by atoms with E-state index in [1.165, 1.54) is 11.3 Å². The van der Waals surface area contributed by atoms with Crippen molar-refractivity contribution in [1.82, 2.24) is 15.0 Å². The molecule has 0 spiro atoms. The molecule has 2 heterocycles. The number of thiazole rings is 1. The molecule has 0 N–H and O–H groups in total. The van der Waals surface area contributed by atoms with E-state index in [9.17, 15) is 0 Å². The Labute approximate surface area is 95.5 Å². The quantitative estimate of drug-likeness (QED) is 0.758. The molecule has 2 aromatic rings. The van der Waals surface area contributed by atoms with Crippen molar-refractivity contribution in [1.29, 1.82) is 0 Å². The summed E-state index contributed by atoms with van der Waals surface area (Å²) >= 11 is 8.11. The van der Waals surface area contributed by atoms with Gasteiger partial charge in [-0.1, -0.05) is 0 Å². The summed E-state index contributed by atoms with van der Waals surface area (Å²) in [6, 6.07) is 1.79. The number of aromatic nitrogens is 3. The summed E-state index contributed by atoms with van der Waals surface area (Å²) in [4.78, 5) is 12.5. The lowest BCUT2D eigenvalue weighted by atomic mass is 10.4. The fourth-order valence-corrected chi connectivity index (χ4v) is 2.43. The van der Waals surface area contributed by atoms with E-state index in [0.29, 0.717) is 5.82 Å². The van der Waals surface area contributed by atoms with E-state index in [-0.39, 0.29) is 0 Å². The summed E-state index contributed by atoms with van der Waals surface area (Å²) in [7, 11) is 0. The number of rotatable bonds is 1. The first-order valence-corrected chi connectivity index (χ1v) is 5.87. The fraction of sp³-hybridized carbons (Fsp3) is 0. The summed E-state index contributed by atoms with van der Waals surface area (Å²) in [6.45, 7) is 0. The molecule has 0 atom stereocenters. The molecule has 3 nitrogen and oxygen atoms in total. The van der Waals surface area contributed by atoms with Crippen LogP contribution < -0.4 is 0 Å². The molecule has 0 radical (unpaired) electrons. The molecule has 0 unspecified atom stereocenters. The van der Waals surface area contributed by atoms with Gasteiger partial charge in [0.1, 0.15) is 14.9 Å². The average Bonchev–Trinajstić information content (AvgIpc) is 2.53. The first kappa shape index (κ1) is 9.23. The van der Waals surface area contributed by atoms with Crippen LogP contribution in [0.5, 0.6) is 0 Å². The maximum atomic E-state index is 4.20. The molecule has 2 aromatic heterocycles. The Morgan fingerprint density at radius 1 is 1.15 bits per heavy atom. The summed E-state index contributed by atoms with van der Waals surface area (Å²) in [5, 5.41) is 1.91. The molecule has 66 valence electrons. The first-order valence-electron chi connectivity index (χ1n) is 3.34. The van der Waals surface area contributed by atoms with Crippen LogP contribution in [0.4, 0.5) is 0 Å². The van der Waals surface area contributed by atoms with Crippen LogP contribution in [-0.2, 0) is 0 Å². The molecule has 0 bridgehead atoms. The Hall–Kier alpha value is -0.330. The van der Waals surface area contributed by atoms with E-state index in [2.05, 4.69) is 46.8 Å². The van der Waals surface area contributed by atoms with Crippen LogP contribution in [0.1, 0.15) is 0 Å². The number of halogens is 2. The largest absolute Gasteiger partial charge is 0.241 e. The van der Waals surface area contributed by atoms with Crippen molar-refractivity contribution in [3.8, 4) is 11.5 Å². The van der Waals surface area contributed by atoms with Gasteiger partial charge in [-0.15, -0.1) is 11.3 Å². The van der Waals surface area contributed by atoms with E-state index < -0.39 is 0 Å². The second-order valence-corrected chi connectivity index (χ2v) is 4.55. The molecule has 6 heteroatoms. The van der Waals surface area contributed by atoms with E-state index in [1.807, 2.05) is 5.38 Å². The van der Waals surface area contributed by atoms with Crippen LogP contribution >= 0.6 is 43.2 Å². The van der Waals surface area contributed by atoms with Gasteiger partial charge in [-0.2, -0.15) is 0 Å². The molecule has 0 aliphatic heterocycles. The van der Waals surface area contributed by atoms with Crippen LogP contribution in [0.2, 0.25) is 0 Å². The zero-order valence-electron chi connectivity index (χ0n) is 6.24. The monoisotopic (exact) mass is 319 g/mol. The predicted molar refractivity (Wildman–Crippen MR) is 58.5 cm³/mol. The lowest BCUT2D eigenvalue weighted by Crippen LogP contribution is -1.89. The van der Waals surface area contributed by atoms with Crippen molar-refractivity contribution >= 4 is 43.2 Å². The van der Waals surface area contributed by atoms with Gasteiger partial charge in [-0.3, -0.25) is 0 Å². The van der Waals surface area contributed by atoms with Crippen molar-refractivity contribution in [3.63, 3.8) is 0 Å². The molecule has 0 fully saturated rings. The van der Waals surface area contributed by atoms with Gasteiger partial charge in [0.2, 0.25) is 0 Å². The summed E-state index contributed by atoms with van der Waals surface area (Å²) in [5.41, 5.74) is 2.56. The first-order chi connectivity index (χ1) is 6.25. The minimum Gasteiger partial charge on any atom is -0.241 e. The molecule has 13 heavy (non-hydrogen) atoms. The van der Waals surface area contributed by atoms with Crippen molar-refractivity contribution in [2.45, 2.75) is 0 Å². The SMILES string of the molecule is Brc1cc(Br)nc(-c2cscn2)n1. The standard InChI is InChI=1S/C7H3Br2N3S/c8-5-1-6(9)12-7(11-5)4-2-13-3-10-4/h1-3H.